The lowest BCUT2D eigenvalue weighted by molar-refractivity contribution is 0.0407. The average molecular weight is 543 g/mol. The Morgan fingerprint density at radius 2 is 1.59 bits per heavy atom. The van der Waals surface area contributed by atoms with E-state index in [9.17, 15) is 4.79 Å². The SMILES string of the molecule is O=C1c2cc3c(cc2C2(CC2)N1CCC1CCN(Cc2ccccc2)CC1)OC(CC(Cl)c1ccccc1)O3. The summed E-state index contributed by atoms with van der Waals surface area (Å²) in [6.45, 7) is 4.13. The van der Waals surface area contributed by atoms with Gasteiger partial charge in [-0.2, -0.15) is 0 Å². The van der Waals surface area contributed by atoms with Gasteiger partial charge in [0.15, 0.2) is 11.5 Å². The summed E-state index contributed by atoms with van der Waals surface area (Å²) in [4.78, 5) is 18.3. The molecular weight excluding hydrogens is 508 g/mol. The summed E-state index contributed by atoms with van der Waals surface area (Å²) in [5.74, 6) is 2.23. The molecule has 39 heavy (non-hydrogen) atoms. The van der Waals surface area contributed by atoms with Gasteiger partial charge in [0.25, 0.3) is 5.91 Å². The Hall–Kier alpha value is -3.02. The van der Waals surface area contributed by atoms with Gasteiger partial charge in [-0.15, -0.1) is 11.6 Å². The van der Waals surface area contributed by atoms with Crippen LogP contribution in [-0.4, -0.2) is 41.6 Å². The molecule has 3 aromatic carbocycles. The van der Waals surface area contributed by atoms with Crippen LogP contribution in [0.25, 0.3) is 0 Å². The van der Waals surface area contributed by atoms with Gasteiger partial charge in [0.1, 0.15) is 0 Å². The van der Waals surface area contributed by atoms with Crippen LogP contribution < -0.4 is 9.47 Å². The number of fused-ring (bicyclic) bond motifs is 3. The lowest BCUT2D eigenvalue weighted by atomic mass is 9.92. The van der Waals surface area contributed by atoms with Gasteiger partial charge in [0, 0.05) is 25.1 Å². The standard InChI is InChI=1S/C33H35ClN2O3/c34-28(25-9-5-2-6-10-25)21-31-38-29-19-26-27(20-30(29)39-31)33(14-15-33)36(32(26)37)18-13-23-11-16-35(17-12-23)22-24-7-3-1-4-8-24/h1-10,19-20,23,28,31H,11-18,21-22H2. The first kappa shape index (κ1) is 25.0. The van der Waals surface area contributed by atoms with Crippen molar-refractivity contribution >= 4 is 17.5 Å². The summed E-state index contributed by atoms with van der Waals surface area (Å²) in [5, 5.41) is -0.200. The highest BCUT2D eigenvalue weighted by Gasteiger charge is 2.58. The highest BCUT2D eigenvalue weighted by molar-refractivity contribution is 6.20. The molecule has 2 fully saturated rings. The van der Waals surface area contributed by atoms with E-state index < -0.39 is 6.29 Å². The molecule has 3 aromatic rings. The maximum Gasteiger partial charge on any atom is 0.255 e. The van der Waals surface area contributed by atoms with Crippen molar-refractivity contribution in [2.75, 3.05) is 19.6 Å². The van der Waals surface area contributed by atoms with Gasteiger partial charge in [0.2, 0.25) is 6.29 Å². The average Bonchev–Trinajstić information content (AvgIpc) is 3.62. The number of alkyl halides is 1. The molecule has 0 radical (unpaired) electrons. The number of rotatable bonds is 8. The topological polar surface area (TPSA) is 42.0 Å². The van der Waals surface area contributed by atoms with Crippen molar-refractivity contribution in [2.45, 2.75) is 62.3 Å². The van der Waals surface area contributed by atoms with E-state index in [1.165, 1.54) is 18.4 Å². The van der Waals surface area contributed by atoms with Crippen molar-refractivity contribution in [3.8, 4) is 11.5 Å². The van der Waals surface area contributed by atoms with Crippen molar-refractivity contribution < 1.29 is 14.3 Å². The number of ether oxygens (including phenoxy) is 2. The predicted molar refractivity (Wildman–Crippen MR) is 152 cm³/mol. The Balaban J connectivity index is 0.964. The van der Waals surface area contributed by atoms with E-state index in [4.69, 9.17) is 21.1 Å². The van der Waals surface area contributed by atoms with Gasteiger partial charge in [-0.25, -0.2) is 0 Å². The van der Waals surface area contributed by atoms with Crippen LogP contribution in [-0.2, 0) is 12.1 Å². The van der Waals surface area contributed by atoms with E-state index in [2.05, 4.69) is 46.2 Å². The fourth-order valence-electron chi connectivity index (χ4n) is 6.72. The maximum atomic E-state index is 13.6. The number of benzene rings is 3. The Labute approximate surface area is 235 Å². The molecule has 1 saturated heterocycles. The molecule has 5 nitrogen and oxygen atoms in total. The van der Waals surface area contributed by atoms with Gasteiger partial charge in [-0.1, -0.05) is 60.7 Å². The summed E-state index contributed by atoms with van der Waals surface area (Å²) >= 11 is 6.65. The number of piperidine rings is 1. The predicted octanol–water partition coefficient (Wildman–Crippen LogP) is 6.90. The molecule has 2 unspecified atom stereocenters. The third-order valence-corrected chi connectivity index (χ3v) is 9.53. The van der Waals surface area contributed by atoms with Gasteiger partial charge < -0.3 is 14.4 Å². The number of carbonyl (C=O) groups excluding carboxylic acids is 1. The first-order valence-corrected chi connectivity index (χ1v) is 14.8. The summed E-state index contributed by atoms with van der Waals surface area (Å²) < 4.78 is 12.3. The zero-order valence-electron chi connectivity index (χ0n) is 22.2. The molecule has 2 atom stereocenters. The minimum atomic E-state index is -0.445. The molecule has 3 aliphatic heterocycles. The number of nitrogens with zero attached hydrogens (tertiary/aromatic N) is 2. The molecule has 1 aliphatic carbocycles. The van der Waals surface area contributed by atoms with Crippen LogP contribution >= 0.6 is 11.6 Å². The molecule has 1 amide bonds. The lowest BCUT2D eigenvalue weighted by Gasteiger charge is -2.33. The quantitative estimate of drug-likeness (QED) is 0.290. The summed E-state index contributed by atoms with van der Waals surface area (Å²) in [7, 11) is 0. The third-order valence-electron chi connectivity index (χ3n) is 9.10. The Kier molecular flexibility index (Phi) is 6.52. The van der Waals surface area contributed by atoms with E-state index >= 15 is 0 Å². The van der Waals surface area contributed by atoms with Gasteiger partial charge in [0.05, 0.1) is 10.9 Å². The molecule has 0 bridgehead atoms. The van der Waals surface area contributed by atoms with Gasteiger partial charge in [-0.05, 0) is 79.9 Å². The normalized spacial score (nSPS) is 22.3. The Morgan fingerprint density at radius 1 is 0.923 bits per heavy atom. The van der Waals surface area contributed by atoms with Crippen LogP contribution in [0, 0.1) is 5.92 Å². The van der Waals surface area contributed by atoms with Crippen molar-refractivity contribution in [3.05, 3.63) is 95.1 Å². The lowest BCUT2D eigenvalue weighted by Crippen LogP contribution is -2.37. The van der Waals surface area contributed by atoms with Crippen molar-refractivity contribution in [3.63, 3.8) is 0 Å². The van der Waals surface area contributed by atoms with Crippen molar-refractivity contribution in [1.29, 1.82) is 0 Å². The van der Waals surface area contributed by atoms with E-state index in [0.717, 1.165) is 67.9 Å². The smallest absolute Gasteiger partial charge is 0.255 e. The summed E-state index contributed by atoms with van der Waals surface area (Å²) in [6, 6.07) is 24.7. The first-order valence-electron chi connectivity index (χ1n) is 14.4. The Bertz CT molecular complexity index is 1340. The molecule has 6 heteroatoms. The van der Waals surface area contributed by atoms with E-state index in [0.29, 0.717) is 18.1 Å². The zero-order valence-corrected chi connectivity index (χ0v) is 23.0. The molecule has 0 N–H and O–H groups in total. The molecule has 1 saturated carbocycles. The number of halogens is 1. The number of likely N-dealkylation sites (tertiary alicyclic amines) is 1. The third kappa shape index (κ3) is 4.81. The fraction of sp³-hybridized carbons (Fsp3) is 0.424. The van der Waals surface area contributed by atoms with Crippen LogP contribution in [0.2, 0.25) is 0 Å². The molecule has 4 aliphatic rings. The highest BCUT2D eigenvalue weighted by atomic mass is 35.5. The number of hydrogen-bond donors (Lipinski definition) is 0. The zero-order chi connectivity index (χ0) is 26.4. The van der Waals surface area contributed by atoms with E-state index in [1.807, 2.05) is 36.4 Å². The second kappa shape index (κ2) is 10.2. The minimum absolute atomic E-state index is 0.143. The van der Waals surface area contributed by atoms with E-state index in [-0.39, 0.29) is 16.8 Å². The van der Waals surface area contributed by atoms with E-state index in [1.54, 1.807) is 0 Å². The second-order valence-electron chi connectivity index (χ2n) is 11.6. The molecule has 1 spiro atoms. The first-order chi connectivity index (χ1) is 19.1. The molecule has 3 heterocycles. The van der Waals surface area contributed by atoms with Gasteiger partial charge in [-0.3, -0.25) is 9.69 Å². The van der Waals surface area contributed by atoms with Crippen LogP contribution in [0.5, 0.6) is 11.5 Å². The second-order valence-corrected chi connectivity index (χ2v) is 12.1. The van der Waals surface area contributed by atoms with Gasteiger partial charge >= 0.3 is 0 Å². The highest BCUT2D eigenvalue weighted by Crippen LogP contribution is 2.59. The number of carbonyl (C=O) groups is 1. The monoisotopic (exact) mass is 542 g/mol. The van der Waals surface area contributed by atoms with Crippen molar-refractivity contribution in [2.24, 2.45) is 5.92 Å². The van der Waals surface area contributed by atoms with Crippen LogP contribution in [0.4, 0.5) is 0 Å². The maximum absolute atomic E-state index is 13.6. The van der Waals surface area contributed by atoms with Crippen LogP contribution in [0.15, 0.2) is 72.8 Å². The van der Waals surface area contributed by atoms with Crippen molar-refractivity contribution in [1.82, 2.24) is 9.80 Å². The molecule has 0 aromatic heterocycles. The van der Waals surface area contributed by atoms with Crippen LogP contribution in [0.3, 0.4) is 0 Å². The largest absolute Gasteiger partial charge is 0.451 e. The molecule has 7 rings (SSSR count). The fourth-order valence-corrected chi connectivity index (χ4v) is 7.01. The number of hydrogen-bond acceptors (Lipinski definition) is 4. The van der Waals surface area contributed by atoms with Crippen LogP contribution in [0.1, 0.15) is 71.0 Å². The molecule has 202 valence electrons. The minimum Gasteiger partial charge on any atom is -0.451 e. The Morgan fingerprint density at radius 3 is 2.28 bits per heavy atom. The summed E-state index contributed by atoms with van der Waals surface area (Å²) in [6.07, 6.45) is 5.64. The summed E-state index contributed by atoms with van der Waals surface area (Å²) in [5.41, 5.74) is 4.21. The number of amides is 1. The molecular formula is C33H35ClN2O3.